The van der Waals surface area contributed by atoms with E-state index in [1.807, 2.05) is 6.92 Å². The molecule has 122 valence electrons. The second kappa shape index (κ2) is 8.37. The van der Waals surface area contributed by atoms with Crippen molar-refractivity contribution < 1.29 is 14.7 Å². The van der Waals surface area contributed by atoms with E-state index in [1.54, 1.807) is 6.92 Å². The van der Waals surface area contributed by atoms with Crippen molar-refractivity contribution in [3.8, 4) is 0 Å². The second-order valence-electron chi connectivity index (χ2n) is 6.46. The average Bonchev–Trinajstić information content (AvgIpc) is 2.47. The maximum atomic E-state index is 12.5. The molecule has 3 atom stereocenters. The number of carboxylic acid groups (broad SMARTS) is 1. The Morgan fingerprint density at radius 2 is 2.05 bits per heavy atom. The van der Waals surface area contributed by atoms with Crippen LogP contribution in [0.3, 0.4) is 0 Å². The average molecular weight is 298 g/mol. The fourth-order valence-electron chi connectivity index (χ4n) is 2.93. The molecule has 0 aromatic carbocycles. The highest BCUT2D eigenvalue weighted by Crippen LogP contribution is 2.30. The summed E-state index contributed by atoms with van der Waals surface area (Å²) in [5.74, 6) is -0.904. The molecule has 0 spiro atoms. The number of carbonyl (C=O) groups is 2. The van der Waals surface area contributed by atoms with Crippen molar-refractivity contribution in [2.45, 2.75) is 65.3 Å². The Morgan fingerprint density at radius 1 is 1.33 bits per heavy atom. The Hall–Kier alpha value is -1.10. The van der Waals surface area contributed by atoms with E-state index in [1.165, 1.54) is 0 Å². The van der Waals surface area contributed by atoms with E-state index < -0.39 is 5.97 Å². The number of amides is 1. The molecule has 21 heavy (non-hydrogen) atoms. The Morgan fingerprint density at radius 3 is 2.57 bits per heavy atom. The molecule has 0 aromatic heterocycles. The van der Waals surface area contributed by atoms with Crippen LogP contribution in [-0.2, 0) is 9.59 Å². The SMILES string of the molecule is CCC1(C(=O)NC(C)CCCC(C)C(=O)O)CCCNC1. The van der Waals surface area contributed by atoms with Crippen LogP contribution in [0.2, 0.25) is 0 Å². The third-order valence-corrected chi connectivity index (χ3v) is 4.70. The quantitative estimate of drug-likeness (QED) is 0.641. The van der Waals surface area contributed by atoms with Gasteiger partial charge in [-0.1, -0.05) is 20.3 Å². The molecule has 5 heteroatoms. The maximum Gasteiger partial charge on any atom is 0.306 e. The van der Waals surface area contributed by atoms with E-state index in [-0.39, 0.29) is 23.3 Å². The van der Waals surface area contributed by atoms with Gasteiger partial charge in [0.2, 0.25) is 5.91 Å². The van der Waals surface area contributed by atoms with Gasteiger partial charge in [-0.2, -0.15) is 0 Å². The summed E-state index contributed by atoms with van der Waals surface area (Å²) in [4.78, 5) is 23.3. The molecule has 1 rings (SSSR count). The molecule has 0 saturated carbocycles. The van der Waals surface area contributed by atoms with Crippen molar-refractivity contribution >= 4 is 11.9 Å². The van der Waals surface area contributed by atoms with Gasteiger partial charge in [0.15, 0.2) is 0 Å². The van der Waals surface area contributed by atoms with Crippen LogP contribution in [0.4, 0.5) is 0 Å². The summed E-state index contributed by atoms with van der Waals surface area (Å²) < 4.78 is 0. The number of carbonyl (C=O) groups excluding carboxylic acids is 1. The van der Waals surface area contributed by atoms with Crippen LogP contribution in [0.25, 0.3) is 0 Å². The molecule has 0 radical (unpaired) electrons. The summed E-state index contributed by atoms with van der Waals surface area (Å²) in [7, 11) is 0. The lowest BCUT2D eigenvalue weighted by Crippen LogP contribution is -2.52. The van der Waals surface area contributed by atoms with Crippen molar-refractivity contribution in [3.63, 3.8) is 0 Å². The van der Waals surface area contributed by atoms with Gasteiger partial charge in [-0.25, -0.2) is 0 Å². The molecule has 0 aromatic rings. The van der Waals surface area contributed by atoms with E-state index >= 15 is 0 Å². The zero-order valence-electron chi connectivity index (χ0n) is 13.6. The van der Waals surface area contributed by atoms with Gasteiger partial charge in [0.05, 0.1) is 11.3 Å². The lowest BCUT2D eigenvalue weighted by atomic mass is 9.77. The van der Waals surface area contributed by atoms with Gasteiger partial charge >= 0.3 is 5.97 Å². The van der Waals surface area contributed by atoms with Gasteiger partial charge in [0.25, 0.3) is 0 Å². The largest absolute Gasteiger partial charge is 0.481 e. The second-order valence-corrected chi connectivity index (χ2v) is 6.46. The van der Waals surface area contributed by atoms with Crippen molar-refractivity contribution in [1.82, 2.24) is 10.6 Å². The summed E-state index contributed by atoms with van der Waals surface area (Å²) in [6.45, 7) is 7.57. The van der Waals surface area contributed by atoms with Gasteiger partial charge in [-0.05, 0) is 45.6 Å². The standard InChI is InChI=1S/C16H30N2O3/c1-4-16(9-6-10-17-11-16)15(21)18-13(3)8-5-7-12(2)14(19)20/h12-13,17H,4-11H2,1-3H3,(H,18,21)(H,19,20). The van der Waals surface area contributed by atoms with Crippen LogP contribution in [-0.4, -0.2) is 36.1 Å². The van der Waals surface area contributed by atoms with E-state index in [2.05, 4.69) is 17.6 Å². The third-order valence-electron chi connectivity index (χ3n) is 4.70. The van der Waals surface area contributed by atoms with E-state index in [0.29, 0.717) is 6.42 Å². The summed E-state index contributed by atoms with van der Waals surface area (Å²) in [5, 5.41) is 15.3. The van der Waals surface area contributed by atoms with Crippen LogP contribution >= 0.6 is 0 Å². The number of aliphatic carboxylic acids is 1. The number of nitrogens with one attached hydrogen (secondary N) is 2. The van der Waals surface area contributed by atoms with Crippen LogP contribution in [0.5, 0.6) is 0 Å². The molecule has 1 amide bonds. The molecule has 3 unspecified atom stereocenters. The Balaban J connectivity index is 2.37. The lowest BCUT2D eigenvalue weighted by molar-refractivity contribution is -0.141. The first-order chi connectivity index (χ1) is 9.91. The van der Waals surface area contributed by atoms with E-state index in [4.69, 9.17) is 5.11 Å². The first-order valence-corrected chi connectivity index (χ1v) is 8.16. The molecule has 1 aliphatic rings. The molecular weight excluding hydrogens is 268 g/mol. The predicted octanol–water partition coefficient (Wildman–Crippen LogP) is 2.16. The van der Waals surface area contributed by atoms with E-state index in [0.717, 1.165) is 45.2 Å². The van der Waals surface area contributed by atoms with Crippen molar-refractivity contribution in [2.24, 2.45) is 11.3 Å². The zero-order valence-corrected chi connectivity index (χ0v) is 13.6. The minimum Gasteiger partial charge on any atom is -0.481 e. The lowest BCUT2D eigenvalue weighted by Gasteiger charge is -2.36. The van der Waals surface area contributed by atoms with Crippen molar-refractivity contribution in [1.29, 1.82) is 0 Å². The Bertz CT molecular complexity index is 351. The first-order valence-electron chi connectivity index (χ1n) is 8.16. The minimum absolute atomic E-state index is 0.101. The summed E-state index contributed by atoms with van der Waals surface area (Å²) >= 11 is 0. The van der Waals surface area contributed by atoms with Crippen LogP contribution in [0.15, 0.2) is 0 Å². The van der Waals surface area contributed by atoms with Gasteiger partial charge in [-0.3, -0.25) is 9.59 Å². The maximum absolute atomic E-state index is 12.5. The number of piperidine rings is 1. The number of hydrogen-bond acceptors (Lipinski definition) is 3. The summed E-state index contributed by atoms with van der Waals surface area (Å²) in [6, 6.07) is 0.101. The van der Waals surface area contributed by atoms with Crippen molar-refractivity contribution in [3.05, 3.63) is 0 Å². The monoisotopic (exact) mass is 298 g/mol. The number of hydrogen-bond donors (Lipinski definition) is 3. The summed E-state index contributed by atoms with van der Waals surface area (Å²) in [6.07, 6.45) is 5.17. The molecule has 5 nitrogen and oxygen atoms in total. The highest BCUT2D eigenvalue weighted by atomic mass is 16.4. The molecule has 1 fully saturated rings. The summed E-state index contributed by atoms with van der Waals surface area (Å²) in [5.41, 5.74) is -0.263. The molecule has 1 aliphatic heterocycles. The highest BCUT2D eigenvalue weighted by molar-refractivity contribution is 5.83. The number of carboxylic acids is 1. The fourth-order valence-corrected chi connectivity index (χ4v) is 2.93. The normalized spacial score (nSPS) is 25.1. The first kappa shape index (κ1) is 18.0. The van der Waals surface area contributed by atoms with Crippen LogP contribution < -0.4 is 10.6 Å². The molecule has 1 saturated heterocycles. The van der Waals surface area contributed by atoms with Gasteiger partial charge in [0, 0.05) is 12.6 Å². The minimum atomic E-state index is -0.745. The van der Waals surface area contributed by atoms with Gasteiger partial charge in [0.1, 0.15) is 0 Å². The highest BCUT2D eigenvalue weighted by Gasteiger charge is 2.38. The van der Waals surface area contributed by atoms with Gasteiger partial charge < -0.3 is 15.7 Å². The third kappa shape index (κ3) is 5.30. The Kier molecular flexibility index (Phi) is 7.15. The molecule has 1 heterocycles. The number of rotatable bonds is 8. The molecule has 0 bridgehead atoms. The van der Waals surface area contributed by atoms with Crippen LogP contribution in [0, 0.1) is 11.3 Å². The molecule has 3 N–H and O–H groups in total. The van der Waals surface area contributed by atoms with Gasteiger partial charge in [-0.15, -0.1) is 0 Å². The smallest absolute Gasteiger partial charge is 0.306 e. The topological polar surface area (TPSA) is 78.4 Å². The van der Waals surface area contributed by atoms with Crippen LogP contribution in [0.1, 0.15) is 59.3 Å². The molecule has 0 aliphatic carbocycles. The van der Waals surface area contributed by atoms with Crippen molar-refractivity contribution in [2.75, 3.05) is 13.1 Å². The van der Waals surface area contributed by atoms with E-state index in [9.17, 15) is 9.59 Å². The zero-order chi connectivity index (χ0) is 15.9. The molecular formula is C16H30N2O3. The fraction of sp³-hybridized carbons (Fsp3) is 0.875. The Labute approximate surface area is 127 Å². The predicted molar refractivity (Wildman–Crippen MR) is 83.1 cm³/mol.